The maximum absolute atomic E-state index is 14.3. The SMILES string of the molecule is COc1cc(C(=O)/C(=C\c2ccc(OCCN3CCCC3)cc2)c2ccc(OC[C@H]3C=CC=CC3)cc2S)ccc1CN1CCCC1=O. The molecule has 0 N–H and O–H groups in total. The van der Waals surface area contributed by atoms with Gasteiger partial charge in [0.25, 0.3) is 0 Å². The van der Waals surface area contributed by atoms with E-state index in [0.29, 0.717) is 65.2 Å². The van der Waals surface area contributed by atoms with Crippen LogP contribution < -0.4 is 14.2 Å². The lowest BCUT2D eigenvalue weighted by molar-refractivity contribution is -0.128. The molecule has 0 radical (unpaired) electrons. The van der Waals surface area contributed by atoms with Crippen molar-refractivity contribution in [2.24, 2.45) is 5.92 Å². The summed E-state index contributed by atoms with van der Waals surface area (Å²) >= 11 is 4.84. The number of amides is 1. The predicted octanol–water partition coefficient (Wildman–Crippen LogP) is 7.52. The third-order valence-electron chi connectivity index (χ3n) is 9.19. The molecule has 0 spiro atoms. The summed E-state index contributed by atoms with van der Waals surface area (Å²) in [4.78, 5) is 31.5. The zero-order valence-corrected chi connectivity index (χ0v) is 28.5. The molecule has 3 aromatic carbocycles. The number of allylic oxidation sites excluding steroid dienone is 4. The minimum absolute atomic E-state index is 0.145. The van der Waals surface area contributed by atoms with E-state index in [1.807, 2.05) is 71.6 Å². The van der Waals surface area contributed by atoms with Crippen molar-refractivity contribution in [3.8, 4) is 17.2 Å². The lowest BCUT2D eigenvalue weighted by Gasteiger charge is -2.19. The fourth-order valence-corrected chi connectivity index (χ4v) is 6.75. The molecule has 0 aromatic heterocycles. The van der Waals surface area contributed by atoms with Crippen LogP contribution in [-0.4, -0.2) is 68.0 Å². The number of thiol groups is 1. The molecule has 1 aliphatic carbocycles. The van der Waals surface area contributed by atoms with Gasteiger partial charge < -0.3 is 19.1 Å². The smallest absolute Gasteiger partial charge is 0.222 e. The summed E-state index contributed by atoms with van der Waals surface area (Å²) in [5, 5.41) is 0. The van der Waals surface area contributed by atoms with Crippen LogP contribution in [0.1, 0.15) is 59.2 Å². The number of hydrogen-bond acceptors (Lipinski definition) is 7. The van der Waals surface area contributed by atoms with Gasteiger partial charge in [-0.25, -0.2) is 0 Å². The molecule has 8 heteroatoms. The zero-order valence-electron chi connectivity index (χ0n) is 27.6. The first kappa shape index (κ1) is 33.6. The number of carbonyl (C=O) groups excluding carboxylic acids is 2. The van der Waals surface area contributed by atoms with Crippen molar-refractivity contribution in [3.63, 3.8) is 0 Å². The topological polar surface area (TPSA) is 68.3 Å². The Balaban J connectivity index is 1.25. The molecular weight excluding hydrogens is 621 g/mol. The summed E-state index contributed by atoms with van der Waals surface area (Å²) < 4.78 is 17.8. The number of nitrogens with zero attached hydrogens (tertiary/aromatic N) is 2. The number of hydrogen-bond donors (Lipinski definition) is 1. The van der Waals surface area contributed by atoms with Crippen LogP contribution in [0.5, 0.6) is 17.2 Å². The number of ketones is 1. The number of methoxy groups -OCH3 is 1. The molecule has 2 heterocycles. The van der Waals surface area contributed by atoms with Crippen molar-refractivity contribution >= 4 is 36.0 Å². The highest BCUT2D eigenvalue weighted by molar-refractivity contribution is 7.80. The summed E-state index contributed by atoms with van der Waals surface area (Å²) in [5.41, 5.74) is 3.43. The molecule has 6 rings (SSSR count). The molecule has 48 heavy (non-hydrogen) atoms. The molecule has 1 amide bonds. The Morgan fingerprint density at radius 1 is 0.938 bits per heavy atom. The monoisotopic (exact) mass is 664 g/mol. The van der Waals surface area contributed by atoms with Gasteiger partial charge in [0.15, 0.2) is 5.78 Å². The van der Waals surface area contributed by atoms with E-state index in [0.717, 1.165) is 55.9 Å². The van der Waals surface area contributed by atoms with E-state index in [1.165, 1.54) is 12.8 Å². The first-order valence-corrected chi connectivity index (χ1v) is 17.4. The van der Waals surface area contributed by atoms with Crippen molar-refractivity contribution in [2.45, 2.75) is 43.5 Å². The van der Waals surface area contributed by atoms with Crippen LogP contribution in [0.2, 0.25) is 0 Å². The summed E-state index contributed by atoms with van der Waals surface area (Å²) in [6.45, 7) is 5.62. The van der Waals surface area contributed by atoms with Crippen LogP contribution in [-0.2, 0) is 11.3 Å². The van der Waals surface area contributed by atoms with Gasteiger partial charge in [-0.05, 0) is 92.4 Å². The Bertz CT molecular complexity index is 1690. The number of ether oxygens (including phenoxy) is 3. The first-order chi connectivity index (χ1) is 23.5. The highest BCUT2D eigenvalue weighted by Crippen LogP contribution is 2.33. The second-order valence-corrected chi connectivity index (χ2v) is 13.1. The maximum Gasteiger partial charge on any atom is 0.222 e. The van der Waals surface area contributed by atoms with E-state index < -0.39 is 0 Å². The van der Waals surface area contributed by atoms with Gasteiger partial charge in [0, 0.05) is 53.6 Å². The van der Waals surface area contributed by atoms with Crippen molar-refractivity contribution in [1.29, 1.82) is 0 Å². The molecule has 250 valence electrons. The van der Waals surface area contributed by atoms with Gasteiger partial charge in [0.1, 0.15) is 23.9 Å². The fraction of sp³-hybridized carbons (Fsp3) is 0.350. The van der Waals surface area contributed by atoms with Gasteiger partial charge in [0.2, 0.25) is 5.91 Å². The molecule has 3 aliphatic rings. The van der Waals surface area contributed by atoms with Crippen LogP contribution >= 0.6 is 12.6 Å². The third kappa shape index (κ3) is 8.60. The minimum Gasteiger partial charge on any atom is -0.496 e. The molecular formula is C40H44N2O5S. The standard InChI is InChI=1S/C40H44N2O5S/c1-45-37-25-31(13-14-32(37)27-42-21-7-10-39(42)43)40(44)36(24-29-11-15-33(16-12-29)46-23-22-41-19-5-6-20-41)35-18-17-34(26-38(35)48)47-28-30-8-3-2-4-9-30/h2-4,8,11-18,24-26,30,48H,5-7,9-10,19-23,27-28H2,1H3/b36-24-/t30-/m0/s1. The van der Waals surface area contributed by atoms with E-state index in [-0.39, 0.29) is 11.7 Å². The summed E-state index contributed by atoms with van der Waals surface area (Å²) in [5.74, 6) is 2.39. The molecule has 1 atom stereocenters. The molecule has 0 saturated carbocycles. The Morgan fingerprint density at radius 2 is 1.75 bits per heavy atom. The molecule has 0 unspecified atom stereocenters. The fourth-order valence-electron chi connectivity index (χ4n) is 6.43. The van der Waals surface area contributed by atoms with Crippen molar-refractivity contribution in [2.75, 3.05) is 46.5 Å². The minimum atomic E-state index is -0.161. The van der Waals surface area contributed by atoms with Crippen molar-refractivity contribution in [1.82, 2.24) is 9.80 Å². The van der Waals surface area contributed by atoms with Gasteiger partial charge in [-0.2, -0.15) is 0 Å². The van der Waals surface area contributed by atoms with Crippen LogP contribution in [0, 0.1) is 5.92 Å². The zero-order chi connectivity index (χ0) is 33.3. The quantitative estimate of drug-likeness (QED) is 0.0833. The number of likely N-dealkylation sites (tertiary alicyclic amines) is 2. The van der Waals surface area contributed by atoms with Crippen LogP contribution in [0.25, 0.3) is 11.6 Å². The van der Waals surface area contributed by atoms with Crippen LogP contribution in [0.15, 0.2) is 89.9 Å². The summed E-state index contributed by atoms with van der Waals surface area (Å²) in [7, 11) is 1.59. The number of Topliss-reactive ketones (excluding diaryl/α,β-unsaturated/α-hetero) is 1. The molecule has 2 aliphatic heterocycles. The second kappa shape index (κ2) is 16.2. The van der Waals surface area contributed by atoms with Gasteiger partial charge >= 0.3 is 0 Å². The van der Waals surface area contributed by atoms with Gasteiger partial charge in [-0.15, -0.1) is 12.6 Å². The van der Waals surface area contributed by atoms with Crippen molar-refractivity contribution < 1.29 is 23.8 Å². The molecule has 2 saturated heterocycles. The van der Waals surface area contributed by atoms with E-state index in [1.54, 1.807) is 13.2 Å². The third-order valence-corrected chi connectivity index (χ3v) is 9.56. The molecule has 7 nitrogen and oxygen atoms in total. The Kier molecular flexibility index (Phi) is 11.4. The molecule has 2 fully saturated rings. The van der Waals surface area contributed by atoms with E-state index >= 15 is 0 Å². The average Bonchev–Trinajstić information content (AvgIpc) is 3.79. The number of benzene rings is 3. The molecule has 0 bridgehead atoms. The number of rotatable bonds is 14. The highest BCUT2D eigenvalue weighted by Gasteiger charge is 2.23. The van der Waals surface area contributed by atoms with E-state index in [4.69, 9.17) is 26.8 Å². The predicted molar refractivity (Wildman–Crippen MR) is 193 cm³/mol. The maximum atomic E-state index is 14.3. The Labute approximate surface area is 289 Å². The lowest BCUT2D eigenvalue weighted by atomic mass is 9.93. The Hall–Kier alpha value is -4.27. The number of carbonyl (C=O) groups is 2. The normalized spacial score (nSPS) is 18.0. The van der Waals surface area contributed by atoms with E-state index in [2.05, 4.69) is 23.1 Å². The summed E-state index contributed by atoms with van der Waals surface area (Å²) in [6, 6.07) is 19.0. The molecule has 3 aromatic rings. The van der Waals surface area contributed by atoms with Crippen LogP contribution in [0.3, 0.4) is 0 Å². The highest BCUT2D eigenvalue weighted by atomic mass is 32.1. The lowest BCUT2D eigenvalue weighted by Crippen LogP contribution is -2.25. The van der Waals surface area contributed by atoms with Crippen LogP contribution in [0.4, 0.5) is 0 Å². The van der Waals surface area contributed by atoms with Gasteiger partial charge in [0.05, 0.1) is 13.7 Å². The average molecular weight is 665 g/mol. The van der Waals surface area contributed by atoms with Crippen molar-refractivity contribution in [3.05, 3.63) is 107 Å². The first-order valence-electron chi connectivity index (χ1n) is 16.9. The van der Waals surface area contributed by atoms with Gasteiger partial charge in [-0.1, -0.05) is 48.6 Å². The van der Waals surface area contributed by atoms with Gasteiger partial charge in [-0.3, -0.25) is 14.5 Å². The second-order valence-electron chi connectivity index (χ2n) is 12.6. The largest absolute Gasteiger partial charge is 0.496 e. The Morgan fingerprint density at radius 3 is 2.46 bits per heavy atom. The van der Waals surface area contributed by atoms with E-state index in [9.17, 15) is 9.59 Å². The summed E-state index contributed by atoms with van der Waals surface area (Å²) in [6.07, 6.45) is 15.2.